The summed E-state index contributed by atoms with van der Waals surface area (Å²) in [6, 6.07) is 0. The van der Waals surface area contributed by atoms with Crippen molar-refractivity contribution in [1.29, 1.82) is 0 Å². The van der Waals surface area contributed by atoms with Gasteiger partial charge in [-0.1, -0.05) is 13.8 Å². The molecule has 0 aliphatic rings. The van der Waals surface area contributed by atoms with Crippen LogP contribution in [0, 0.1) is 0 Å². The van der Waals surface area contributed by atoms with Crippen molar-refractivity contribution in [2.45, 2.75) is 33.2 Å². The van der Waals surface area contributed by atoms with E-state index in [9.17, 15) is 4.79 Å². The second kappa shape index (κ2) is 6.34. The van der Waals surface area contributed by atoms with E-state index in [2.05, 4.69) is 34.2 Å². The molecule has 112 valence electrons. The second-order valence-corrected chi connectivity index (χ2v) is 4.65. The van der Waals surface area contributed by atoms with Gasteiger partial charge in [0.1, 0.15) is 5.82 Å². The third kappa shape index (κ3) is 3.18. The van der Waals surface area contributed by atoms with Crippen molar-refractivity contribution >= 4 is 11.8 Å². The van der Waals surface area contributed by atoms with Gasteiger partial charge in [0.05, 0.1) is 18.1 Å². The highest BCUT2D eigenvalue weighted by atomic mass is 16.4. The Hall–Kier alpha value is -2.44. The standard InChI is InChI=1S/C14H19N5O2/c1-4-10-9(12(5-2)19(3)18-10)6-16-13-8-15-11(7-17-13)14(20)21/h7-8H,4-6H2,1-3H3,(H,16,17)(H,20,21). The summed E-state index contributed by atoms with van der Waals surface area (Å²) in [6.45, 7) is 4.77. The fourth-order valence-corrected chi connectivity index (χ4v) is 2.30. The zero-order chi connectivity index (χ0) is 15.4. The number of anilines is 1. The average Bonchev–Trinajstić information content (AvgIpc) is 2.80. The van der Waals surface area contributed by atoms with Crippen LogP contribution in [0.4, 0.5) is 5.82 Å². The maximum Gasteiger partial charge on any atom is 0.356 e. The van der Waals surface area contributed by atoms with Crippen LogP contribution in [0.3, 0.4) is 0 Å². The van der Waals surface area contributed by atoms with E-state index in [1.165, 1.54) is 23.7 Å². The molecule has 0 aliphatic heterocycles. The number of hydrogen-bond acceptors (Lipinski definition) is 5. The molecular weight excluding hydrogens is 270 g/mol. The number of rotatable bonds is 6. The molecule has 0 fully saturated rings. The van der Waals surface area contributed by atoms with Gasteiger partial charge in [-0.15, -0.1) is 0 Å². The first-order chi connectivity index (χ1) is 10.1. The minimum absolute atomic E-state index is 0.0644. The van der Waals surface area contributed by atoms with E-state index in [1.54, 1.807) is 0 Å². The molecular formula is C14H19N5O2. The van der Waals surface area contributed by atoms with Gasteiger partial charge in [0.2, 0.25) is 0 Å². The highest BCUT2D eigenvalue weighted by molar-refractivity contribution is 5.84. The molecule has 7 nitrogen and oxygen atoms in total. The zero-order valence-electron chi connectivity index (χ0n) is 12.4. The summed E-state index contributed by atoms with van der Waals surface area (Å²) in [5.41, 5.74) is 3.36. The lowest BCUT2D eigenvalue weighted by Gasteiger charge is -2.07. The normalized spacial score (nSPS) is 10.6. The lowest BCUT2D eigenvalue weighted by Crippen LogP contribution is -2.08. The highest BCUT2D eigenvalue weighted by Crippen LogP contribution is 2.16. The van der Waals surface area contributed by atoms with Crippen LogP contribution < -0.4 is 5.32 Å². The van der Waals surface area contributed by atoms with E-state index in [4.69, 9.17) is 5.11 Å². The third-order valence-corrected chi connectivity index (χ3v) is 3.35. The lowest BCUT2D eigenvalue weighted by molar-refractivity contribution is 0.0690. The molecule has 0 saturated carbocycles. The Morgan fingerprint density at radius 2 is 2.05 bits per heavy atom. The van der Waals surface area contributed by atoms with Gasteiger partial charge in [-0.2, -0.15) is 5.10 Å². The molecule has 2 heterocycles. The second-order valence-electron chi connectivity index (χ2n) is 4.65. The Balaban J connectivity index is 2.14. The largest absolute Gasteiger partial charge is 0.476 e. The Morgan fingerprint density at radius 3 is 2.57 bits per heavy atom. The van der Waals surface area contributed by atoms with E-state index in [1.807, 2.05) is 11.7 Å². The van der Waals surface area contributed by atoms with Gasteiger partial charge in [-0.05, 0) is 12.8 Å². The summed E-state index contributed by atoms with van der Waals surface area (Å²) in [7, 11) is 1.95. The number of hydrogen-bond donors (Lipinski definition) is 2. The topological polar surface area (TPSA) is 92.9 Å². The first-order valence-corrected chi connectivity index (χ1v) is 6.89. The molecule has 0 bridgehead atoms. The van der Waals surface area contributed by atoms with Crippen molar-refractivity contribution < 1.29 is 9.90 Å². The Kier molecular flexibility index (Phi) is 4.52. The van der Waals surface area contributed by atoms with Gasteiger partial charge in [0, 0.05) is 24.8 Å². The SMILES string of the molecule is CCc1nn(C)c(CC)c1CNc1cnc(C(=O)O)cn1. The molecule has 2 aromatic rings. The third-order valence-electron chi connectivity index (χ3n) is 3.35. The van der Waals surface area contributed by atoms with Crippen LogP contribution in [0.15, 0.2) is 12.4 Å². The van der Waals surface area contributed by atoms with E-state index in [0.29, 0.717) is 12.4 Å². The van der Waals surface area contributed by atoms with Crippen LogP contribution in [-0.4, -0.2) is 30.8 Å². The smallest absolute Gasteiger partial charge is 0.356 e. The summed E-state index contributed by atoms with van der Waals surface area (Å²) in [6.07, 6.45) is 4.45. The molecule has 2 aromatic heterocycles. The maximum absolute atomic E-state index is 10.7. The quantitative estimate of drug-likeness (QED) is 0.840. The van der Waals surface area contributed by atoms with E-state index in [-0.39, 0.29) is 5.69 Å². The molecule has 0 aliphatic carbocycles. The lowest BCUT2D eigenvalue weighted by atomic mass is 10.1. The summed E-state index contributed by atoms with van der Waals surface area (Å²) in [5, 5.41) is 16.5. The van der Waals surface area contributed by atoms with E-state index in [0.717, 1.165) is 18.5 Å². The first-order valence-electron chi connectivity index (χ1n) is 6.89. The fraction of sp³-hybridized carbons (Fsp3) is 0.429. The minimum Gasteiger partial charge on any atom is -0.476 e. The molecule has 7 heteroatoms. The van der Waals surface area contributed by atoms with Crippen molar-refractivity contribution in [3.8, 4) is 0 Å². The number of carboxylic acids is 1. The predicted molar refractivity (Wildman–Crippen MR) is 78.3 cm³/mol. The highest BCUT2D eigenvalue weighted by Gasteiger charge is 2.13. The van der Waals surface area contributed by atoms with Crippen LogP contribution in [0.2, 0.25) is 0 Å². The molecule has 2 rings (SSSR count). The van der Waals surface area contributed by atoms with Crippen LogP contribution in [0.5, 0.6) is 0 Å². The number of aryl methyl sites for hydroxylation is 2. The van der Waals surface area contributed by atoms with Crippen molar-refractivity contribution in [3.05, 3.63) is 35.0 Å². The van der Waals surface area contributed by atoms with Gasteiger partial charge < -0.3 is 10.4 Å². The molecule has 0 atom stereocenters. The van der Waals surface area contributed by atoms with Crippen LogP contribution in [-0.2, 0) is 26.4 Å². The molecule has 0 spiro atoms. The fourth-order valence-electron chi connectivity index (χ4n) is 2.30. The Bertz CT molecular complexity index is 634. The Morgan fingerprint density at radius 1 is 1.29 bits per heavy atom. The monoisotopic (exact) mass is 289 g/mol. The summed E-state index contributed by atoms with van der Waals surface area (Å²) < 4.78 is 1.91. The molecule has 0 saturated heterocycles. The number of carboxylic acid groups (broad SMARTS) is 1. The number of nitrogens with one attached hydrogen (secondary N) is 1. The van der Waals surface area contributed by atoms with Crippen LogP contribution >= 0.6 is 0 Å². The predicted octanol–water partition coefficient (Wildman–Crippen LogP) is 1.65. The van der Waals surface area contributed by atoms with E-state index >= 15 is 0 Å². The number of carbonyl (C=O) groups is 1. The number of nitrogens with zero attached hydrogens (tertiary/aromatic N) is 4. The van der Waals surface area contributed by atoms with Crippen molar-refractivity contribution in [1.82, 2.24) is 19.7 Å². The number of aromatic carboxylic acids is 1. The van der Waals surface area contributed by atoms with Crippen molar-refractivity contribution in [2.24, 2.45) is 7.05 Å². The van der Waals surface area contributed by atoms with Gasteiger partial charge in [-0.3, -0.25) is 4.68 Å². The number of aromatic nitrogens is 4. The molecule has 0 aromatic carbocycles. The van der Waals surface area contributed by atoms with Crippen molar-refractivity contribution in [2.75, 3.05) is 5.32 Å². The molecule has 21 heavy (non-hydrogen) atoms. The molecule has 2 N–H and O–H groups in total. The average molecular weight is 289 g/mol. The van der Waals surface area contributed by atoms with E-state index < -0.39 is 5.97 Å². The van der Waals surface area contributed by atoms with Gasteiger partial charge in [0.25, 0.3) is 0 Å². The van der Waals surface area contributed by atoms with Crippen molar-refractivity contribution in [3.63, 3.8) is 0 Å². The molecule has 0 radical (unpaired) electrons. The Labute approximate surface area is 123 Å². The van der Waals surface area contributed by atoms with Gasteiger partial charge >= 0.3 is 5.97 Å². The molecule has 0 amide bonds. The van der Waals surface area contributed by atoms with Gasteiger partial charge in [-0.25, -0.2) is 14.8 Å². The summed E-state index contributed by atoms with van der Waals surface area (Å²) in [5.74, 6) is -0.532. The van der Waals surface area contributed by atoms with Gasteiger partial charge in [0.15, 0.2) is 5.69 Å². The summed E-state index contributed by atoms with van der Waals surface area (Å²) in [4.78, 5) is 18.6. The van der Waals surface area contributed by atoms with Crippen LogP contribution in [0.1, 0.15) is 41.3 Å². The molecule has 0 unspecified atom stereocenters. The zero-order valence-corrected chi connectivity index (χ0v) is 12.4. The van der Waals surface area contributed by atoms with Crippen LogP contribution in [0.25, 0.3) is 0 Å². The summed E-state index contributed by atoms with van der Waals surface area (Å²) >= 11 is 0. The first kappa shape index (κ1) is 15.0. The maximum atomic E-state index is 10.7. The minimum atomic E-state index is -1.08.